The van der Waals surface area contributed by atoms with Gasteiger partial charge >= 0.3 is 0 Å². The zero-order valence-corrected chi connectivity index (χ0v) is 21.4. The Bertz CT molecular complexity index is 872. The van der Waals surface area contributed by atoms with Gasteiger partial charge < -0.3 is 20.9 Å². The van der Waals surface area contributed by atoms with E-state index in [0.717, 1.165) is 30.9 Å². The second-order valence-electron chi connectivity index (χ2n) is 7.31. The normalized spacial score (nSPS) is 10.7. The molecule has 0 spiro atoms. The minimum absolute atomic E-state index is 0. The van der Waals surface area contributed by atoms with Gasteiger partial charge in [-0.3, -0.25) is 14.6 Å². The van der Waals surface area contributed by atoms with Crippen LogP contribution in [0.25, 0.3) is 0 Å². The molecular weight excluding hydrogens is 517 g/mol. The number of benzene rings is 2. The van der Waals surface area contributed by atoms with Crippen LogP contribution in [0, 0.1) is 0 Å². The van der Waals surface area contributed by atoms with Gasteiger partial charge in [-0.15, -0.1) is 24.0 Å². The predicted octanol–water partition coefficient (Wildman–Crippen LogP) is 2.92. The Labute approximate surface area is 208 Å². The Morgan fingerprint density at radius 2 is 1.62 bits per heavy atom. The van der Waals surface area contributed by atoms with Crippen LogP contribution in [0.15, 0.2) is 59.6 Å². The number of hydrogen-bond acceptors (Lipinski definition) is 3. The Morgan fingerprint density at radius 3 is 2.31 bits per heavy atom. The molecule has 2 amide bonds. The maximum atomic E-state index is 12.1. The summed E-state index contributed by atoms with van der Waals surface area (Å²) < 4.78 is 0. The number of aliphatic imine (C=N–C) groups is 1. The second-order valence-corrected chi connectivity index (χ2v) is 7.31. The Hall–Kier alpha value is -2.62. The molecule has 7 nitrogen and oxygen atoms in total. The molecule has 2 aromatic rings. The smallest absolute Gasteiger partial charge is 0.253 e. The molecule has 0 fully saturated rings. The summed E-state index contributed by atoms with van der Waals surface area (Å²) in [5.74, 6) is 0.686. The number of amides is 2. The second kappa shape index (κ2) is 15.2. The van der Waals surface area contributed by atoms with Crippen molar-refractivity contribution in [3.8, 4) is 0 Å². The molecule has 0 radical (unpaired) electrons. The molecule has 0 aliphatic rings. The van der Waals surface area contributed by atoms with Crippen molar-refractivity contribution < 1.29 is 9.59 Å². The summed E-state index contributed by atoms with van der Waals surface area (Å²) in [5, 5.41) is 9.46. The highest BCUT2D eigenvalue weighted by atomic mass is 127. The molecule has 0 saturated heterocycles. The van der Waals surface area contributed by atoms with E-state index in [1.54, 1.807) is 31.1 Å². The molecule has 174 valence electrons. The molecule has 0 aliphatic heterocycles. The van der Waals surface area contributed by atoms with Gasteiger partial charge in [0, 0.05) is 51.4 Å². The molecule has 0 saturated carbocycles. The highest BCUT2D eigenvalue weighted by molar-refractivity contribution is 14.0. The average molecular weight is 551 g/mol. The molecule has 0 bridgehead atoms. The summed E-state index contributed by atoms with van der Waals surface area (Å²) in [4.78, 5) is 30.3. The fourth-order valence-corrected chi connectivity index (χ4v) is 2.95. The van der Waals surface area contributed by atoms with Crippen LogP contribution in [-0.2, 0) is 6.42 Å². The van der Waals surface area contributed by atoms with Crippen LogP contribution in [0.5, 0.6) is 0 Å². The molecule has 2 rings (SSSR count). The number of carbonyl (C=O) groups excluding carboxylic acids is 2. The highest BCUT2D eigenvalue weighted by Crippen LogP contribution is 2.07. The van der Waals surface area contributed by atoms with Gasteiger partial charge in [-0.25, -0.2) is 0 Å². The summed E-state index contributed by atoms with van der Waals surface area (Å²) in [6.07, 6.45) is 1.54. The minimum Gasteiger partial charge on any atom is -0.357 e. The fraction of sp³-hybridized carbons (Fsp3) is 0.375. The summed E-state index contributed by atoms with van der Waals surface area (Å²) in [7, 11) is 3.51. The first kappa shape index (κ1) is 27.4. The van der Waals surface area contributed by atoms with Crippen molar-refractivity contribution >= 4 is 41.8 Å². The number of guanidine groups is 1. The lowest BCUT2D eigenvalue weighted by molar-refractivity contribution is 0.0827. The lowest BCUT2D eigenvalue weighted by Crippen LogP contribution is -2.38. The zero-order chi connectivity index (χ0) is 22.5. The van der Waals surface area contributed by atoms with Crippen LogP contribution in [0.3, 0.4) is 0 Å². The van der Waals surface area contributed by atoms with Crippen LogP contribution in [0.4, 0.5) is 0 Å². The number of carbonyl (C=O) groups is 2. The molecule has 0 heterocycles. The zero-order valence-electron chi connectivity index (χ0n) is 19.1. The molecule has 32 heavy (non-hydrogen) atoms. The van der Waals surface area contributed by atoms with Crippen LogP contribution >= 0.6 is 24.0 Å². The predicted molar refractivity (Wildman–Crippen MR) is 141 cm³/mol. The van der Waals surface area contributed by atoms with Crippen molar-refractivity contribution in [3.63, 3.8) is 0 Å². The Balaban J connectivity index is 0.00000512. The van der Waals surface area contributed by atoms with Crippen molar-refractivity contribution in [2.24, 2.45) is 4.99 Å². The van der Waals surface area contributed by atoms with Crippen molar-refractivity contribution in [3.05, 3.63) is 71.3 Å². The maximum absolute atomic E-state index is 12.1. The summed E-state index contributed by atoms with van der Waals surface area (Å²) in [6.45, 7) is 4.67. The van der Waals surface area contributed by atoms with Gasteiger partial charge in [0.2, 0.25) is 0 Å². The quantitative estimate of drug-likeness (QED) is 0.184. The lowest BCUT2D eigenvalue weighted by Gasteiger charge is -2.13. The number of nitrogens with zero attached hydrogens (tertiary/aromatic N) is 2. The Morgan fingerprint density at radius 1 is 0.906 bits per heavy atom. The van der Waals surface area contributed by atoms with Crippen molar-refractivity contribution in [2.75, 3.05) is 40.3 Å². The minimum atomic E-state index is -0.0652. The van der Waals surface area contributed by atoms with E-state index in [1.165, 1.54) is 0 Å². The van der Waals surface area contributed by atoms with Crippen LogP contribution < -0.4 is 16.0 Å². The van der Waals surface area contributed by atoms with E-state index in [4.69, 9.17) is 0 Å². The van der Waals surface area contributed by atoms with Gasteiger partial charge in [0.25, 0.3) is 11.8 Å². The monoisotopic (exact) mass is 551 g/mol. The molecule has 3 N–H and O–H groups in total. The third-order valence-corrected chi connectivity index (χ3v) is 4.56. The summed E-state index contributed by atoms with van der Waals surface area (Å²) >= 11 is 0. The lowest BCUT2D eigenvalue weighted by atomic mass is 10.1. The summed E-state index contributed by atoms with van der Waals surface area (Å²) in [5.41, 5.74) is 2.46. The van der Waals surface area contributed by atoms with E-state index in [2.05, 4.69) is 20.9 Å². The first-order valence-corrected chi connectivity index (χ1v) is 10.7. The average Bonchev–Trinajstić information content (AvgIpc) is 2.78. The standard InChI is InChI=1S/C24H33N5O2.HI/c1-4-25-24(27-16-9-15-26-22(30)20-11-6-5-7-12-20)28-17-14-19-10-8-13-21(18-19)23(31)29(2)3;/h5-8,10-13,18H,4,9,14-17H2,1-3H3,(H,26,30)(H2,25,27,28);1H. The fourth-order valence-electron chi connectivity index (χ4n) is 2.95. The van der Waals surface area contributed by atoms with Crippen molar-refractivity contribution in [1.29, 1.82) is 0 Å². The third kappa shape index (κ3) is 9.67. The van der Waals surface area contributed by atoms with E-state index >= 15 is 0 Å². The van der Waals surface area contributed by atoms with E-state index in [1.807, 2.05) is 49.4 Å². The molecule has 0 atom stereocenters. The largest absolute Gasteiger partial charge is 0.357 e. The van der Waals surface area contributed by atoms with Crippen LogP contribution in [0.2, 0.25) is 0 Å². The van der Waals surface area contributed by atoms with E-state index in [0.29, 0.717) is 30.8 Å². The van der Waals surface area contributed by atoms with E-state index < -0.39 is 0 Å². The molecular formula is C24H34IN5O2. The molecule has 0 aliphatic carbocycles. The van der Waals surface area contributed by atoms with Gasteiger partial charge in [0.15, 0.2) is 5.96 Å². The van der Waals surface area contributed by atoms with Gasteiger partial charge in [-0.2, -0.15) is 0 Å². The number of nitrogens with one attached hydrogen (secondary N) is 3. The topological polar surface area (TPSA) is 85.8 Å². The number of halogens is 1. The van der Waals surface area contributed by atoms with E-state index in [-0.39, 0.29) is 35.8 Å². The van der Waals surface area contributed by atoms with Gasteiger partial charge in [-0.05, 0) is 49.6 Å². The molecule has 0 aromatic heterocycles. The molecule has 2 aromatic carbocycles. The molecule has 8 heteroatoms. The van der Waals surface area contributed by atoms with E-state index in [9.17, 15) is 9.59 Å². The van der Waals surface area contributed by atoms with Gasteiger partial charge in [0.05, 0.1) is 0 Å². The summed E-state index contributed by atoms with van der Waals surface area (Å²) in [6, 6.07) is 16.9. The maximum Gasteiger partial charge on any atom is 0.253 e. The number of rotatable bonds is 10. The van der Waals surface area contributed by atoms with Gasteiger partial charge in [0.1, 0.15) is 0 Å². The van der Waals surface area contributed by atoms with Crippen LogP contribution in [-0.4, -0.2) is 62.9 Å². The Kier molecular flexibility index (Phi) is 13.0. The van der Waals surface area contributed by atoms with Crippen molar-refractivity contribution in [1.82, 2.24) is 20.9 Å². The van der Waals surface area contributed by atoms with Crippen LogP contribution in [0.1, 0.15) is 39.6 Å². The highest BCUT2D eigenvalue weighted by Gasteiger charge is 2.08. The number of hydrogen-bond donors (Lipinski definition) is 3. The first-order valence-electron chi connectivity index (χ1n) is 10.7. The van der Waals surface area contributed by atoms with Crippen molar-refractivity contribution in [2.45, 2.75) is 19.8 Å². The first-order chi connectivity index (χ1) is 15.0. The molecule has 0 unspecified atom stereocenters. The SMILES string of the molecule is CCNC(=NCCCNC(=O)c1ccccc1)NCCc1cccc(C(=O)N(C)C)c1.I. The third-order valence-electron chi connectivity index (χ3n) is 4.56. The van der Waals surface area contributed by atoms with Gasteiger partial charge in [-0.1, -0.05) is 30.3 Å².